The summed E-state index contributed by atoms with van der Waals surface area (Å²) in [7, 11) is 0. The van der Waals surface area contributed by atoms with Gasteiger partial charge in [0, 0.05) is 19.4 Å². The van der Waals surface area contributed by atoms with Crippen molar-refractivity contribution in [2.75, 3.05) is 13.1 Å². The number of fused-ring (bicyclic) bond motifs is 1. The van der Waals surface area contributed by atoms with Gasteiger partial charge in [-0.1, -0.05) is 25.1 Å². The van der Waals surface area contributed by atoms with Gasteiger partial charge in [-0.05, 0) is 30.9 Å². The van der Waals surface area contributed by atoms with Crippen molar-refractivity contribution in [3.05, 3.63) is 29.8 Å². The first-order valence-corrected chi connectivity index (χ1v) is 8.50. The second-order valence-electron chi connectivity index (χ2n) is 6.25. The lowest BCUT2D eigenvalue weighted by atomic mass is 10.0. The Kier molecular flexibility index (Phi) is 4.84. The van der Waals surface area contributed by atoms with Gasteiger partial charge in [-0.15, -0.1) is 0 Å². The van der Waals surface area contributed by atoms with E-state index < -0.39 is 0 Å². The molecule has 5 nitrogen and oxygen atoms in total. The van der Waals surface area contributed by atoms with Gasteiger partial charge in [0.1, 0.15) is 17.9 Å². The van der Waals surface area contributed by atoms with Crippen molar-refractivity contribution in [2.45, 2.75) is 51.2 Å². The Balaban J connectivity index is 1.54. The molecule has 2 atom stereocenters. The summed E-state index contributed by atoms with van der Waals surface area (Å²) in [5.41, 5.74) is 1.19. The highest BCUT2D eigenvalue weighted by molar-refractivity contribution is 5.87. The third-order valence-electron chi connectivity index (χ3n) is 4.65. The van der Waals surface area contributed by atoms with Gasteiger partial charge in [0.15, 0.2) is 0 Å². The van der Waals surface area contributed by atoms with Crippen LogP contribution in [-0.2, 0) is 16.0 Å². The second kappa shape index (κ2) is 7.02. The molecule has 0 saturated carbocycles. The van der Waals surface area contributed by atoms with Crippen LogP contribution in [0.4, 0.5) is 0 Å². The maximum atomic E-state index is 12.5. The normalized spacial score (nSPS) is 23.1. The zero-order chi connectivity index (χ0) is 16.2. The van der Waals surface area contributed by atoms with Crippen LogP contribution in [0.2, 0.25) is 0 Å². The van der Waals surface area contributed by atoms with Gasteiger partial charge in [-0.2, -0.15) is 0 Å². The van der Waals surface area contributed by atoms with Crippen molar-refractivity contribution in [3.63, 3.8) is 0 Å². The average molecular weight is 316 g/mol. The van der Waals surface area contributed by atoms with Crippen LogP contribution in [-0.4, -0.2) is 41.9 Å². The maximum absolute atomic E-state index is 12.5. The SMILES string of the molecule is CCC(=O)N1CCCCC1C(=O)NCC1Cc2ccccc2O1. The van der Waals surface area contributed by atoms with Gasteiger partial charge in [0.05, 0.1) is 6.54 Å². The molecular formula is C18H24N2O3. The summed E-state index contributed by atoms with van der Waals surface area (Å²) in [6.45, 7) is 3.02. The predicted molar refractivity (Wildman–Crippen MR) is 87.2 cm³/mol. The van der Waals surface area contributed by atoms with Crippen molar-refractivity contribution < 1.29 is 14.3 Å². The van der Waals surface area contributed by atoms with Crippen molar-refractivity contribution in [2.24, 2.45) is 0 Å². The number of amides is 2. The number of piperidine rings is 1. The number of carbonyl (C=O) groups excluding carboxylic acids is 2. The summed E-state index contributed by atoms with van der Waals surface area (Å²) in [5, 5.41) is 2.98. The molecule has 2 amide bonds. The molecule has 2 heterocycles. The minimum atomic E-state index is -0.319. The van der Waals surface area contributed by atoms with Gasteiger partial charge in [0.25, 0.3) is 0 Å². The van der Waals surface area contributed by atoms with Crippen LogP contribution >= 0.6 is 0 Å². The Morgan fingerprint density at radius 3 is 2.91 bits per heavy atom. The van der Waals surface area contributed by atoms with E-state index in [-0.39, 0.29) is 24.0 Å². The first-order chi connectivity index (χ1) is 11.2. The van der Waals surface area contributed by atoms with Crippen LogP contribution in [0.3, 0.4) is 0 Å². The van der Waals surface area contributed by atoms with E-state index in [9.17, 15) is 9.59 Å². The Morgan fingerprint density at radius 2 is 2.13 bits per heavy atom. The highest BCUT2D eigenvalue weighted by Gasteiger charge is 2.32. The lowest BCUT2D eigenvalue weighted by Gasteiger charge is -2.34. The van der Waals surface area contributed by atoms with E-state index in [0.29, 0.717) is 19.5 Å². The number of rotatable bonds is 4. The molecule has 0 radical (unpaired) electrons. The topological polar surface area (TPSA) is 58.6 Å². The number of hydrogen-bond donors (Lipinski definition) is 1. The molecule has 0 aliphatic carbocycles. The maximum Gasteiger partial charge on any atom is 0.242 e. The second-order valence-corrected chi connectivity index (χ2v) is 6.25. The quantitative estimate of drug-likeness (QED) is 0.923. The molecule has 1 saturated heterocycles. The number of nitrogens with zero attached hydrogens (tertiary/aromatic N) is 1. The summed E-state index contributed by atoms with van der Waals surface area (Å²) in [4.78, 5) is 26.2. The number of likely N-dealkylation sites (tertiary alicyclic amines) is 1. The molecule has 2 unspecified atom stereocenters. The Hall–Kier alpha value is -2.04. The van der Waals surface area contributed by atoms with Crippen LogP contribution in [0.25, 0.3) is 0 Å². The summed E-state index contributed by atoms with van der Waals surface area (Å²) in [5.74, 6) is 0.924. The first-order valence-electron chi connectivity index (χ1n) is 8.50. The molecule has 1 N–H and O–H groups in total. The molecule has 3 rings (SSSR count). The zero-order valence-electron chi connectivity index (χ0n) is 13.6. The van der Waals surface area contributed by atoms with E-state index in [0.717, 1.165) is 31.4 Å². The van der Waals surface area contributed by atoms with Crippen LogP contribution in [0.5, 0.6) is 5.75 Å². The molecule has 0 bridgehead atoms. The van der Waals surface area contributed by atoms with Gasteiger partial charge >= 0.3 is 0 Å². The van der Waals surface area contributed by atoms with E-state index in [4.69, 9.17) is 4.74 Å². The van der Waals surface area contributed by atoms with Gasteiger partial charge in [-0.3, -0.25) is 9.59 Å². The molecule has 23 heavy (non-hydrogen) atoms. The molecule has 0 aromatic heterocycles. The first kappa shape index (κ1) is 15.8. The molecule has 1 aromatic carbocycles. The molecule has 2 aliphatic rings. The van der Waals surface area contributed by atoms with Crippen LogP contribution in [0.15, 0.2) is 24.3 Å². The summed E-state index contributed by atoms with van der Waals surface area (Å²) in [6, 6.07) is 7.65. The van der Waals surface area contributed by atoms with Crippen molar-refractivity contribution in [1.82, 2.24) is 10.2 Å². The zero-order valence-corrected chi connectivity index (χ0v) is 13.6. The number of hydrogen-bond acceptors (Lipinski definition) is 3. The molecule has 1 aromatic rings. The summed E-state index contributed by atoms with van der Waals surface area (Å²) < 4.78 is 5.84. The smallest absolute Gasteiger partial charge is 0.242 e. The molecule has 5 heteroatoms. The Morgan fingerprint density at radius 1 is 1.30 bits per heavy atom. The average Bonchev–Trinajstić information content (AvgIpc) is 3.02. The minimum Gasteiger partial charge on any atom is -0.488 e. The van der Waals surface area contributed by atoms with E-state index in [1.165, 1.54) is 5.56 Å². The Labute approximate surface area is 137 Å². The van der Waals surface area contributed by atoms with E-state index in [1.54, 1.807) is 4.90 Å². The molecule has 1 fully saturated rings. The summed E-state index contributed by atoms with van der Waals surface area (Å²) in [6.07, 6.45) is 3.98. The van der Waals surface area contributed by atoms with Crippen molar-refractivity contribution in [3.8, 4) is 5.75 Å². The highest BCUT2D eigenvalue weighted by atomic mass is 16.5. The van der Waals surface area contributed by atoms with Gasteiger partial charge < -0.3 is 15.0 Å². The molecule has 2 aliphatic heterocycles. The third kappa shape index (κ3) is 3.49. The fourth-order valence-electron chi connectivity index (χ4n) is 3.41. The minimum absolute atomic E-state index is 0.0183. The van der Waals surface area contributed by atoms with E-state index >= 15 is 0 Å². The highest BCUT2D eigenvalue weighted by Crippen LogP contribution is 2.27. The van der Waals surface area contributed by atoms with Gasteiger partial charge in [0.2, 0.25) is 11.8 Å². The number of benzene rings is 1. The third-order valence-corrected chi connectivity index (χ3v) is 4.65. The Bertz CT molecular complexity index is 562. The van der Waals surface area contributed by atoms with E-state index in [1.807, 2.05) is 25.1 Å². The largest absolute Gasteiger partial charge is 0.488 e. The molecular weight excluding hydrogens is 292 g/mol. The van der Waals surface area contributed by atoms with Crippen LogP contribution < -0.4 is 10.1 Å². The number of para-hydroxylation sites is 1. The standard InChI is InChI=1S/C18H24N2O3/c1-2-17(21)20-10-6-5-8-15(20)18(22)19-12-14-11-13-7-3-4-9-16(13)23-14/h3-4,7,9,14-15H,2,5-6,8,10-12H2,1H3,(H,19,22). The molecule has 124 valence electrons. The monoisotopic (exact) mass is 316 g/mol. The fourth-order valence-corrected chi connectivity index (χ4v) is 3.41. The van der Waals surface area contributed by atoms with Crippen LogP contribution in [0.1, 0.15) is 38.2 Å². The van der Waals surface area contributed by atoms with Crippen molar-refractivity contribution in [1.29, 1.82) is 0 Å². The molecule has 0 spiro atoms. The lowest BCUT2D eigenvalue weighted by molar-refractivity contribution is -0.142. The number of nitrogens with one attached hydrogen (secondary N) is 1. The van der Waals surface area contributed by atoms with E-state index in [2.05, 4.69) is 11.4 Å². The number of carbonyl (C=O) groups is 2. The number of ether oxygens (including phenoxy) is 1. The lowest BCUT2D eigenvalue weighted by Crippen LogP contribution is -2.52. The summed E-state index contributed by atoms with van der Waals surface area (Å²) >= 11 is 0. The predicted octanol–water partition coefficient (Wildman–Crippen LogP) is 1.90. The van der Waals surface area contributed by atoms with Crippen molar-refractivity contribution >= 4 is 11.8 Å². The van der Waals surface area contributed by atoms with Gasteiger partial charge in [-0.25, -0.2) is 0 Å². The van der Waals surface area contributed by atoms with Crippen LogP contribution in [0, 0.1) is 0 Å². The fraction of sp³-hybridized carbons (Fsp3) is 0.556.